The zero-order chi connectivity index (χ0) is 38.7. The molecule has 0 amide bonds. The van der Waals surface area contributed by atoms with Crippen LogP contribution < -0.4 is 25.6 Å². The molecule has 0 fully saturated rings. The maximum absolute atomic E-state index is 2.67. The Kier molecular flexibility index (Phi) is 9.95. The summed E-state index contributed by atoms with van der Waals surface area (Å²) in [4.78, 5) is 2.65. The summed E-state index contributed by atoms with van der Waals surface area (Å²) in [7, 11) is -2.67. The first-order valence-electron chi connectivity index (χ1n) is 21.3. The van der Waals surface area contributed by atoms with Gasteiger partial charge < -0.3 is 4.90 Å². The monoisotopic (exact) mass is 763 g/mol. The maximum Gasteiger partial charge on any atom is 0.179 e. The minimum atomic E-state index is -2.67. The van der Waals surface area contributed by atoms with Crippen LogP contribution in [0.1, 0.15) is 47.9 Å². The van der Waals surface area contributed by atoms with Crippen LogP contribution in [0.2, 0.25) is 0 Å². The Labute approximate surface area is 345 Å². The molecule has 0 atom stereocenters. The Bertz CT molecular complexity index is 2490. The average molecular weight is 764 g/mol. The molecule has 0 aliphatic heterocycles. The van der Waals surface area contributed by atoms with Crippen molar-refractivity contribution in [3.63, 3.8) is 0 Å². The molecule has 2 aliphatic rings. The largest absolute Gasteiger partial charge is 0.310 e. The molecule has 58 heavy (non-hydrogen) atoms. The van der Waals surface area contributed by atoms with E-state index in [9.17, 15) is 0 Å². The van der Waals surface area contributed by atoms with Crippen molar-refractivity contribution in [2.45, 2.75) is 51.4 Å². The van der Waals surface area contributed by atoms with E-state index in [0.717, 1.165) is 25.7 Å². The van der Waals surface area contributed by atoms with Crippen LogP contribution in [0, 0.1) is 0 Å². The number of rotatable bonds is 9. The van der Waals surface area contributed by atoms with Gasteiger partial charge in [0.2, 0.25) is 0 Å². The normalized spacial score (nSPS) is 13.7. The molecule has 0 N–H and O–H groups in total. The number of hydrogen-bond acceptors (Lipinski definition) is 1. The Morgan fingerprint density at radius 3 is 1.05 bits per heavy atom. The van der Waals surface area contributed by atoms with Crippen LogP contribution in [0.25, 0.3) is 22.3 Å². The molecule has 2 heteroatoms. The third-order valence-corrected chi connectivity index (χ3v) is 17.6. The second-order valence-corrected chi connectivity index (χ2v) is 19.9. The second-order valence-electron chi connectivity index (χ2n) is 16.1. The first kappa shape index (κ1) is 36.1. The van der Waals surface area contributed by atoms with E-state index in [1.807, 2.05) is 0 Å². The Morgan fingerprint density at radius 2 is 0.621 bits per heavy atom. The van der Waals surface area contributed by atoms with E-state index in [0.29, 0.717) is 0 Å². The van der Waals surface area contributed by atoms with Crippen molar-refractivity contribution >= 4 is 45.9 Å². The molecule has 0 bridgehead atoms. The van der Waals surface area contributed by atoms with Crippen LogP contribution in [0.4, 0.5) is 17.1 Å². The van der Waals surface area contributed by atoms with Crippen LogP contribution in [0.5, 0.6) is 0 Å². The third kappa shape index (κ3) is 6.42. The predicted molar refractivity (Wildman–Crippen MR) is 249 cm³/mol. The summed E-state index contributed by atoms with van der Waals surface area (Å²) in [5.41, 5.74) is 15.6. The van der Waals surface area contributed by atoms with Crippen LogP contribution in [-0.2, 0) is 25.7 Å². The lowest BCUT2D eigenvalue weighted by Crippen LogP contribution is -2.74. The Hall–Kier alpha value is -6.22. The van der Waals surface area contributed by atoms with Gasteiger partial charge in [-0.15, -0.1) is 0 Å². The molecule has 0 unspecified atom stereocenters. The van der Waals surface area contributed by atoms with Crippen LogP contribution in [0.3, 0.4) is 0 Å². The molecular formula is C56H49NSi. The summed E-state index contributed by atoms with van der Waals surface area (Å²) in [6.07, 6.45) is 9.45. The van der Waals surface area contributed by atoms with Gasteiger partial charge in [0.05, 0.1) is 5.69 Å². The standard InChI is InChI=1S/C56H49NSi/c1-6-20-42(21-7-1)43-34-36-45(37-35-43)57(56-53-32-18-16-30-51(53)55(44-22-8-2-9-23-44)52-31-17-19-33-54(52)56)46-38-40-50(41-39-46)58(47-24-10-3-11-25-47,48-26-12-4-13-27-48)49-28-14-5-15-29-49/h1-15,20-29,34-41H,16-19,30-33H2. The van der Waals surface area contributed by atoms with Crippen molar-refractivity contribution in [3.05, 3.63) is 222 Å². The quantitative estimate of drug-likeness (QED) is 0.105. The first-order valence-corrected chi connectivity index (χ1v) is 23.3. The van der Waals surface area contributed by atoms with Crippen molar-refractivity contribution in [3.8, 4) is 22.3 Å². The molecule has 8 aromatic rings. The van der Waals surface area contributed by atoms with E-state index in [4.69, 9.17) is 0 Å². The lowest BCUT2D eigenvalue weighted by atomic mass is 9.75. The predicted octanol–water partition coefficient (Wildman–Crippen LogP) is 11.6. The number of hydrogen-bond donors (Lipinski definition) is 0. The first-order chi connectivity index (χ1) is 28.8. The van der Waals surface area contributed by atoms with Gasteiger partial charge in [-0.3, -0.25) is 0 Å². The van der Waals surface area contributed by atoms with Crippen molar-refractivity contribution < 1.29 is 0 Å². The molecule has 0 aromatic heterocycles. The smallest absolute Gasteiger partial charge is 0.179 e. The van der Waals surface area contributed by atoms with Crippen LogP contribution >= 0.6 is 0 Å². The summed E-state index contributed by atoms with van der Waals surface area (Å²) in [5, 5.41) is 5.58. The molecule has 2 aliphatic carbocycles. The lowest BCUT2D eigenvalue weighted by Gasteiger charge is -2.38. The lowest BCUT2D eigenvalue weighted by molar-refractivity contribution is 0.661. The van der Waals surface area contributed by atoms with Gasteiger partial charge in [0.15, 0.2) is 8.07 Å². The zero-order valence-corrected chi connectivity index (χ0v) is 34.2. The van der Waals surface area contributed by atoms with Gasteiger partial charge >= 0.3 is 0 Å². The Morgan fingerprint density at radius 1 is 0.293 bits per heavy atom. The van der Waals surface area contributed by atoms with Crippen molar-refractivity contribution in [2.75, 3.05) is 4.90 Å². The number of fused-ring (bicyclic) bond motifs is 2. The van der Waals surface area contributed by atoms with Gasteiger partial charge in [-0.25, -0.2) is 0 Å². The van der Waals surface area contributed by atoms with Gasteiger partial charge in [0, 0.05) is 11.4 Å². The summed E-state index contributed by atoms with van der Waals surface area (Å²) >= 11 is 0. The molecule has 8 aromatic carbocycles. The second kappa shape index (κ2) is 16.0. The molecule has 0 radical (unpaired) electrons. The van der Waals surface area contributed by atoms with Gasteiger partial charge in [-0.1, -0.05) is 176 Å². The molecule has 0 spiro atoms. The van der Waals surface area contributed by atoms with E-state index in [1.54, 1.807) is 22.3 Å². The summed E-state index contributed by atoms with van der Waals surface area (Å²) in [6, 6.07) is 75.1. The highest BCUT2D eigenvalue weighted by Gasteiger charge is 2.41. The SMILES string of the molecule is c1ccc(-c2ccc(N(c3ccc([Si](c4ccccc4)(c4ccccc4)c4ccccc4)cc3)c3c4c(c(-c5ccccc5)c5c3CCCC5)CCCC4)cc2)cc1. The molecule has 282 valence electrons. The highest BCUT2D eigenvalue weighted by atomic mass is 28.3. The fourth-order valence-corrected chi connectivity index (χ4v) is 15.0. The van der Waals surface area contributed by atoms with Crippen molar-refractivity contribution in [2.24, 2.45) is 0 Å². The minimum Gasteiger partial charge on any atom is -0.310 e. The van der Waals surface area contributed by atoms with Crippen LogP contribution in [-0.4, -0.2) is 8.07 Å². The van der Waals surface area contributed by atoms with E-state index in [-0.39, 0.29) is 0 Å². The highest BCUT2D eigenvalue weighted by molar-refractivity contribution is 7.19. The Balaban J connectivity index is 1.21. The average Bonchev–Trinajstić information content (AvgIpc) is 3.31. The summed E-state index contributed by atoms with van der Waals surface area (Å²) in [6.45, 7) is 0. The molecule has 10 rings (SSSR count). The van der Waals surface area contributed by atoms with Gasteiger partial charge in [0.1, 0.15) is 0 Å². The molecule has 0 heterocycles. The van der Waals surface area contributed by atoms with E-state index in [2.05, 4.69) is 205 Å². The molecule has 0 saturated carbocycles. The van der Waals surface area contributed by atoms with Crippen molar-refractivity contribution in [1.29, 1.82) is 0 Å². The topological polar surface area (TPSA) is 3.24 Å². The number of benzene rings is 8. The summed E-state index contributed by atoms with van der Waals surface area (Å²) < 4.78 is 0. The fourth-order valence-electron chi connectivity index (χ4n) is 10.2. The third-order valence-electron chi connectivity index (χ3n) is 12.8. The van der Waals surface area contributed by atoms with Crippen LogP contribution in [0.15, 0.2) is 200 Å². The van der Waals surface area contributed by atoms with E-state index in [1.165, 1.54) is 85.7 Å². The summed E-state index contributed by atoms with van der Waals surface area (Å²) in [5.74, 6) is 0. The minimum absolute atomic E-state index is 1.11. The number of nitrogens with zero attached hydrogens (tertiary/aromatic N) is 1. The molecule has 0 saturated heterocycles. The zero-order valence-electron chi connectivity index (χ0n) is 33.2. The molecular weight excluding hydrogens is 715 g/mol. The number of anilines is 3. The van der Waals surface area contributed by atoms with Gasteiger partial charge in [0.25, 0.3) is 0 Å². The maximum atomic E-state index is 2.65. The van der Waals surface area contributed by atoms with E-state index < -0.39 is 8.07 Å². The van der Waals surface area contributed by atoms with E-state index >= 15 is 0 Å². The molecule has 1 nitrogen and oxygen atoms in total. The van der Waals surface area contributed by atoms with Crippen molar-refractivity contribution in [1.82, 2.24) is 0 Å². The van der Waals surface area contributed by atoms with Gasteiger partial charge in [-0.05, 0) is 141 Å². The highest BCUT2D eigenvalue weighted by Crippen LogP contribution is 2.49. The van der Waals surface area contributed by atoms with Gasteiger partial charge in [-0.2, -0.15) is 0 Å². The fraction of sp³-hybridized carbons (Fsp3) is 0.143.